The van der Waals surface area contributed by atoms with Crippen LogP contribution in [0, 0.1) is 0 Å². The van der Waals surface area contributed by atoms with E-state index in [1.54, 1.807) is 65.6 Å². The van der Waals surface area contributed by atoms with Crippen LogP contribution >= 0.6 is 23.2 Å². The highest BCUT2D eigenvalue weighted by Crippen LogP contribution is 2.47. The topological polar surface area (TPSA) is 160 Å². The predicted molar refractivity (Wildman–Crippen MR) is 168 cm³/mol. The summed E-state index contributed by atoms with van der Waals surface area (Å²) in [6.45, 7) is -0.764. The molecule has 1 heterocycles. The molecule has 1 aliphatic heterocycles. The van der Waals surface area contributed by atoms with Crippen molar-refractivity contribution in [3.63, 3.8) is 0 Å². The van der Waals surface area contributed by atoms with Crippen LogP contribution in [0.25, 0.3) is 0 Å². The van der Waals surface area contributed by atoms with Crippen molar-refractivity contribution >= 4 is 51.0 Å². The number of nitrogens with zero attached hydrogens (tertiary/aromatic N) is 2. The minimum absolute atomic E-state index is 0.138. The van der Waals surface area contributed by atoms with Crippen LogP contribution in [0.15, 0.2) is 71.9 Å². The first-order chi connectivity index (χ1) is 21.9. The summed E-state index contributed by atoms with van der Waals surface area (Å²) in [6.07, 6.45) is 3.58. The van der Waals surface area contributed by atoms with E-state index in [-0.39, 0.29) is 23.3 Å². The molecule has 11 nitrogen and oxygen atoms in total. The number of halogens is 2. The minimum atomic E-state index is -3.63. The molecule has 1 amide bonds. The molecular formula is C32H31Cl2N3O8S-2. The Labute approximate surface area is 276 Å². The Hall–Kier alpha value is -3.84. The van der Waals surface area contributed by atoms with E-state index < -0.39 is 52.5 Å². The number of fused-ring (bicyclic) bond motifs is 1. The number of amides is 1. The van der Waals surface area contributed by atoms with E-state index in [9.17, 15) is 28.2 Å². The molecule has 3 aromatic carbocycles. The summed E-state index contributed by atoms with van der Waals surface area (Å²) in [5.41, 5.74) is 1.73. The van der Waals surface area contributed by atoms with Gasteiger partial charge in [0.2, 0.25) is 10.0 Å². The Balaban J connectivity index is 1.56. The van der Waals surface area contributed by atoms with Crippen LogP contribution in [-0.2, 0) is 26.3 Å². The van der Waals surface area contributed by atoms with E-state index in [1.807, 2.05) is 0 Å². The van der Waals surface area contributed by atoms with E-state index in [0.717, 1.165) is 19.1 Å². The fourth-order valence-corrected chi connectivity index (χ4v) is 7.55. The molecule has 0 radical (unpaired) electrons. The third-order valence-electron chi connectivity index (χ3n) is 8.02. The highest BCUT2D eigenvalue weighted by atomic mass is 35.5. The summed E-state index contributed by atoms with van der Waals surface area (Å²) in [7, 11) is -3.63. The van der Waals surface area contributed by atoms with Crippen LogP contribution in [0.3, 0.4) is 0 Å². The van der Waals surface area contributed by atoms with Crippen LogP contribution in [0.2, 0.25) is 10.0 Å². The van der Waals surface area contributed by atoms with Gasteiger partial charge in [-0.25, -0.2) is 13.1 Å². The zero-order valence-electron chi connectivity index (χ0n) is 24.7. The Morgan fingerprint density at radius 3 is 2.52 bits per heavy atom. The maximum atomic E-state index is 14.3. The van der Waals surface area contributed by atoms with Gasteiger partial charge in [0, 0.05) is 39.5 Å². The third-order valence-corrected chi connectivity index (χ3v) is 9.31. The van der Waals surface area contributed by atoms with Crippen LogP contribution in [0.1, 0.15) is 64.7 Å². The van der Waals surface area contributed by atoms with Crippen molar-refractivity contribution in [2.45, 2.75) is 56.3 Å². The smallest absolute Gasteiger partial charge is 0.255 e. The molecule has 0 bridgehead atoms. The lowest BCUT2D eigenvalue weighted by molar-refractivity contribution is -0.307. The maximum Gasteiger partial charge on any atom is 0.255 e. The van der Waals surface area contributed by atoms with Crippen molar-refractivity contribution in [3.8, 4) is 5.75 Å². The number of carboxylic acid groups (broad SMARTS) is 1. The van der Waals surface area contributed by atoms with Crippen molar-refractivity contribution in [2.75, 3.05) is 12.9 Å². The Kier molecular flexibility index (Phi) is 10.4. The summed E-state index contributed by atoms with van der Waals surface area (Å²) < 4.78 is 32.6. The lowest BCUT2D eigenvalue weighted by Crippen LogP contribution is -2.59. The molecule has 1 aliphatic carbocycles. The summed E-state index contributed by atoms with van der Waals surface area (Å²) in [4.78, 5) is 32.2. The largest absolute Gasteiger partial charge is 0.859 e. The van der Waals surface area contributed by atoms with Gasteiger partial charge in [0.05, 0.1) is 18.3 Å². The summed E-state index contributed by atoms with van der Waals surface area (Å²) in [6, 6.07) is 15.8. The standard InChI is InChI=1S/C32H33Cl2N3O8S/c1-46(42,43)36-26-11-4-5-12-27(26)37-30(24-14-13-20(33)16-25(24)34)29(22-9-2-3-10-23(22)32(37)41)31(40)35-45-17-19-7-6-8-21(15-19)44-18-28(38)39/h2-3,6-10,13-16,26-27,29-30,36H,4-5,11-12,17-18H2,1H3,(H,35,40)(H,38,39)/p-2/t26-,27-,29+,30-/m0/s1. The van der Waals surface area contributed by atoms with Gasteiger partial charge in [-0.15, -0.1) is 5.16 Å². The van der Waals surface area contributed by atoms with Gasteiger partial charge < -0.3 is 29.5 Å². The van der Waals surface area contributed by atoms with Gasteiger partial charge in [-0.05, 0) is 59.9 Å². The Bertz CT molecular complexity index is 1750. The monoisotopic (exact) mass is 687 g/mol. The molecule has 2 aliphatic rings. The molecule has 4 atom stereocenters. The Morgan fingerprint density at radius 2 is 1.78 bits per heavy atom. The van der Waals surface area contributed by atoms with Gasteiger partial charge in [-0.1, -0.05) is 72.4 Å². The second-order valence-electron chi connectivity index (χ2n) is 11.2. The molecule has 1 N–H and O–H groups in total. The number of aliphatic carboxylic acids is 1. The summed E-state index contributed by atoms with van der Waals surface area (Å²) in [5.74, 6) is -3.21. The molecule has 5 rings (SSSR count). The normalized spacial score (nSPS) is 21.8. The van der Waals surface area contributed by atoms with Crippen LogP contribution < -0.4 is 19.7 Å². The van der Waals surface area contributed by atoms with Crippen LogP contribution in [0.4, 0.5) is 0 Å². The van der Waals surface area contributed by atoms with E-state index >= 15 is 0 Å². The molecule has 14 heteroatoms. The minimum Gasteiger partial charge on any atom is -0.859 e. The van der Waals surface area contributed by atoms with Crippen molar-refractivity contribution in [2.24, 2.45) is 5.16 Å². The van der Waals surface area contributed by atoms with Crippen molar-refractivity contribution < 1.29 is 37.8 Å². The number of carboxylic acids is 1. The van der Waals surface area contributed by atoms with Crippen molar-refractivity contribution in [1.29, 1.82) is 0 Å². The van der Waals surface area contributed by atoms with Gasteiger partial charge in [-0.3, -0.25) is 4.79 Å². The van der Waals surface area contributed by atoms with Gasteiger partial charge in [0.25, 0.3) is 5.91 Å². The fraction of sp³-hybridized carbons (Fsp3) is 0.344. The van der Waals surface area contributed by atoms with E-state index in [1.165, 1.54) is 6.07 Å². The number of nitrogens with one attached hydrogen (secondary N) is 1. The number of sulfonamides is 1. The maximum absolute atomic E-state index is 14.3. The first-order valence-electron chi connectivity index (χ1n) is 14.5. The predicted octanol–water partition coefficient (Wildman–Crippen LogP) is 3.15. The number of rotatable bonds is 11. The molecule has 46 heavy (non-hydrogen) atoms. The van der Waals surface area contributed by atoms with Crippen LogP contribution in [0.5, 0.6) is 5.75 Å². The lowest BCUT2D eigenvalue weighted by Gasteiger charge is -2.50. The average Bonchev–Trinajstić information content (AvgIpc) is 3.00. The van der Waals surface area contributed by atoms with E-state index in [0.29, 0.717) is 40.1 Å². The number of benzene rings is 3. The fourth-order valence-electron chi connectivity index (χ4n) is 6.21. The number of carbonyl (C=O) groups is 2. The third kappa shape index (κ3) is 7.75. The quantitative estimate of drug-likeness (QED) is 0.183. The molecule has 0 unspecified atom stereocenters. The molecule has 244 valence electrons. The first kappa shape index (κ1) is 33.5. The van der Waals surface area contributed by atoms with Crippen molar-refractivity contribution in [1.82, 2.24) is 9.62 Å². The SMILES string of the molecule is CS(=O)(=O)N[C@H]1CCCC[C@@H]1N1C(=O)c2ccccc2[C@@H](/C([O-])=N\OCc2cccc(OCC(=O)[O-])c2)[C@@H]1c1ccc(Cl)cc1Cl. The summed E-state index contributed by atoms with van der Waals surface area (Å²) in [5, 5.41) is 29.4. The molecule has 0 saturated heterocycles. The molecule has 0 spiro atoms. The van der Waals surface area contributed by atoms with Crippen molar-refractivity contribution in [3.05, 3.63) is 99.0 Å². The number of hydrogen-bond acceptors (Lipinski definition) is 9. The Morgan fingerprint density at radius 1 is 1.02 bits per heavy atom. The average molecular weight is 689 g/mol. The highest BCUT2D eigenvalue weighted by Gasteiger charge is 2.47. The molecular weight excluding hydrogens is 657 g/mol. The van der Waals surface area contributed by atoms with Gasteiger partial charge >= 0.3 is 0 Å². The second-order valence-corrected chi connectivity index (χ2v) is 13.9. The van der Waals surface area contributed by atoms with Crippen LogP contribution in [-0.4, -0.2) is 56.0 Å². The molecule has 0 aromatic heterocycles. The number of hydrogen-bond donors (Lipinski definition) is 1. The molecule has 3 aromatic rings. The zero-order chi connectivity index (χ0) is 33.0. The van der Waals surface area contributed by atoms with Gasteiger partial charge in [-0.2, -0.15) is 0 Å². The first-order valence-corrected chi connectivity index (χ1v) is 17.2. The lowest BCUT2D eigenvalue weighted by atomic mass is 9.77. The zero-order valence-corrected chi connectivity index (χ0v) is 27.1. The number of carbonyl (C=O) groups excluding carboxylic acids is 2. The second kappa shape index (κ2) is 14.3. The number of ether oxygens (including phenoxy) is 1. The summed E-state index contributed by atoms with van der Waals surface area (Å²) >= 11 is 13.0. The van der Waals surface area contributed by atoms with Gasteiger partial charge in [0.15, 0.2) is 0 Å². The van der Waals surface area contributed by atoms with Gasteiger partial charge in [0.1, 0.15) is 19.0 Å². The molecule has 1 saturated carbocycles. The molecule has 1 fully saturated rings. The number of oxime groups is 1. The van der Waals surface area contributed by atoms with E-state index in [4.69, 9.17) is 32.8 Å². The van der Waals surface area contributed by atoms with E-state index in [2.05, 4.69) is 9.88 Å². The highest BCUT2D eigenvalue weighted by molar-refractivity contribution is 7.88.